The van der Waals surface area contributed by atoms with Gasteiger partial charge in [-0.25, -0.2) is 0 Å². The summed E-state index contributed by atoms with van der Waals surface area (Å²) in [6, 6.07) is 6.47. The Labute approximate surface area is 158 Å². The quantitative estimate of drug-likeness (QED) is 0.605. The van der Waals surface area contributed by atoms with E-state index in [0.717, 1.165) is 44.2 Å². The molecule has 0 heterocycles. The van der Waals surface area contributed by atoms with Gasteiger partial charge in [-0.05, 0) is 69.1 Å². The van der Waals surface area contributed by atoms with E-state index in [1.54, 1.807) is 0 Å². The van der Waals surface area contributed by atoms with Gasteiger partial charge in [-0.15, -0.1) is 0 Å². The van der Waals surface area contributed by atoms with E-state index in [1.165, 1.54) is 16.7 Å². The Morgan fingerprint density at radius 1 is 1.35 bits per heavy atom. The summed E-state index contributed by atoms with van der Waals surface area (Å²) in [5.41, 5.74) is 4.98. The molecule has 0 saturated heterocycles. The fourth-order valence-electron chi connectivity index (χ4n) is 4.15. The van der Waals surface area contributed by atoms with E-state index < -0.39 is 5.97 Å². The second-order valence-electron chi connectivity index (χ2n) is 7.54. The van der Waals surface area contributed by atoms with Gasteiger partial charge in [0.1, 0.15) is 0 Å². The standard InChI is InChI=1S/C23H33NO2/c1-5-7-14-24-21(6-2)22(20-13-8-10-16(3)17(20)4)18-11-9-12-19(15-18)23(25)26/h6,8,10,13-14,18-19,22H,5,7,9,11-12,15H2,1-4H3,(H,25,26)/b21-6-,24-14?. The van der Waals surface area contributed by atoms with Crippen molar-refractivity contribution in [2.45, 2.75) is 72.1 Å². The van der Waals surface area contributed by atoms with Crippen LogP contribution in [0.25, 0.3) is 0 Å². The number of carbonyl (C=O) groups is 1. The number of aliphatic carboxylic acids is 1. The minimum Gasteiger partial charge on any atom is -0.481 e. The summed E-state index contributed by atoms with van der Waals surface area (Å²) < 4.78 is 0. The summed E-state index contributed by atoms with van der Waals surface area (Å²) in [7, 11) is 0. The van der Waals surface area contributed by atoms with Gasteiger partial charge in [0.2, 0.25) is 0 Å². The molecule has 0 aliphatic heterocycles. The molecular formula is C23H33NO2. The lowest BCUT2D eigenvalue weighted by atomic mass is 9.70. The summed E-state index contributed by atoms with van der Waals surface area (Å²) in [5.74, 6) is -0.365. The van der Waals surface area contributed by atoms with Crippen LogP contribution in [-0.2, 0) is 4.79 Å². The highest BCUT2D eigenvalue weighted by Crippen LogP contribution is 2.44. The number of unbranched alkanes of at least 4 members (excludes halogenated alkanes) is 1. The molecule has 0 spiro atoms. The van der Waals surface area contributed by atoms with Crippen molar-refractivity contribution in [2.75, 3.05) is 0 Å². The molecule has 0 aromatic heterocycles. The van der Waals surface area contributed by atoms with Gasteiger partial charge in [0.05, 0.1) is 5.92 Å². The maximum atomic E-state index is 11.6. The monoisotopic (exact) mass is 355 g/mol. The number of aliphatic imine (C=N–C) groups is 1. The van der Waals surface area contributed by atoms with Crippen molar-refractivity contribution in [1.82, 2.24) is 0 Å². The van der Waals surface area contributed by atoms with E-state index in [9.17, 15) is 9.90 Å². The van der Waals surface area contributed by atoms with Crippen LogP contribution in [-0.4, -0.2) is 17.3 Å². The van der Waals surface area contributed by atoms with Crippen LogP contribution in [0.1, 0.15) is 75.0 Å². The van der Waals surface area contributed by atoms with Crippen LogP contribution in [0.2, 0.25) is 0 Å². The minimum atomic E-state index is -0.647. The van der Waals surface area contributed by atoms with Crippen LogP contribution < -0.4 is 0 Å². The highest BCUT2D eigenvalue weighted by atomic mass is 16.4. The molecule has 1 aromatic carbocycles. The normalized spacial score (nSPS) is 22.5. The van der Waals surface area contributed by atoms with Crippen LogP contribution in [0, 0.1) is 25.7 Å². The van der Waals surface area contributed by atoms with Crippen LogP contribution >= 0.6 is 0 Å². The second kappa shape index (κ2) is 9.70. The Morgan fingerprint density at radius 2 is 2.12 bits per heavy atom. The molecule has 1 aliphatic carbocycles. The average Bonchev–Trinajstić information content (AvgIpc) is 2.64. The number of carboxylic acids is 1. The first-order valence-electron chi connectivity index (χ1n) is 9.97. The molecule has 2 rings (SSSR count). The van der Waals surface area contributed by atoms with E-state index in [1.807, 2.05) is 13.1 Å². The summed E-state index contributed by atoms with van der Waals surface area (Å²) in [6.07, 6.45) is 9.79. The number of nitrogens with zero attached hydrogens (tertiary/aromatic N) is 1. The summed E-state index contributed by atoms with van der Waals surface area (Å²) in [5, 5.41) is 9.53. The van der Waals surface area contributed by atoms with Crippen molar-refractivity contribution in [3.8, 4) is 0 Å². The number of benzene rings is 1. The molecule has 1 aromatic rings. The number of allylic oxidation sites excluding steroid dienone is 2. The van der Waals surface area contributed by atoms with Gasteiger partial charge >= 0.3 is 5.97 Å². The second-order valence-corrected chi connectivity index (χ2v) is 7.54. The Balaban J connectivity index is 2.44. The van der Waals surface area contributed by atoms with Gasteiger partial charge < -0.3 is 5.11 Å². The summed E-state index contributed by atoms with van der Waals surface area (Å²) >= 11 is 0. The molecule has 3 heteroatoms. The lowest BCUT2D eigenvalue weighted by molar-refractivity contribution is -0.143. The van der Waals surface area contributed by atoms with Crippen molar-refractivity contribution < 1.29 is 9.90 Å². The molecule has 3 nitrogen and oxygen atoms in total. The molecule has 1 fully saturated rings. The van der Waals surface area contributed by atoms with E-state index in [-0.39, 0.29) is 11.8 Å². The highest BCUT2D eigenvalue weighted by molar-refractivity contribution is 5.70. The van der Waals surface area contributed by atoms with Gasteiger partial charge in [-0.3, -0.25) is 9.79 Å². The minimum absolute atomic E-state index is 0.176. The Morgan fingerprint density at radius 3 is 2.77 bits per heavy atom. The number of carboxylic acid groups (broad SMARTS) is 1. The third-order valence-corrected chi connectivity index (χ3v) is 5.79. The highest BCUT2D eigenvalue weighted by Gasteiger charge is 2.34. The zero-order valence-electron chi connectivity index (χ0n) is 16.7. The molecule has 3 atom stereocenters. The maximum absolute atomic E-state index is 11.6. The van der Waals surface area contributed by atoms with E-state index >= 15 is 0 Å². The molecule has 1 N–H and O–H groups in total. The molecule has 1 aliphatic rings. The van der Waals surface area contributed by atoms with E-state index in [2.05, 4.69) is 45.0 Å². The van der Waals surface area contributed by atoms with Crippen LogP contribution in [0.5, 0.6) is 0 Å². The predicted octanol–water partition coefficient (Wildman–Crippen LogP) is 6.05. The van der Waals surface area contributed by atoms with Crippen LogP contribution in [0.15, 0.2) is 35.0 Å². The molecule has 0 amide bonds. The van der Waals surface area contributed by atoms with Gasteiger partial charge in [-0.2, -0.15) is 0 Å². The maximum Gasteiger partial charge on any atom is 0.306 e. The lowest BCUT2D eigenvalue weighted by Gasteiger charge is -2.34. The van der Waals surface area contributed by atoms with Gasteiger partial charge in [0, 0.05) is 17.8 Å². The molecule has 142 valence electrons. The van der Waals surface area contributed by atoms with Gasteiger partial charge in [0.15, 0.2) is 0 Å². The fraction of sp³-hybridized carbons (Fsp3) is 0.565. The van der Waals surface area contributed by atoms with Crippen molar-refractivity contribution >= 4 is 12.2 Å². The smallest absolute Gasteiger partial charge is 0.306 e. The Bertz CT molecular complexity index is 675. The first-order chi connectivity index (χ1) is 12.5. The Kier molecular flexibility index (Phi) is 7.62. The first-order valence-corrected chi connectivity index (χ1v) is 9.97. The van der Waals surface area contributed by atoms with Gasteiger partial charge in [0.25, 0.3) is 0 Å². The van der Waals surface area contributed by atoms with Crippen LogP contribution in [0.4, 0.5) is 0 Å². The fourth-order valence-corrected chi connectivity index (χ4v) is 4.15. The summed E-state index contributed by atoms with van der Waals surface area (Å²) in [4.78, 5) is 16.4. The zero-order valence-corrected chi connectivity index (χ0v) is 16.7. The topological polar surface area (TPSA) is 49.7 Å². The van der Waals surface area contributed by atoms with Crippen molar-refractivity contribution in [1.29, 1.82) is 0 Å². The average molecular weight is 356 g/mol. The van der Waals surface area contributed by atoms with Crippen molar-refractivity contribution in [3.63, 3.8) is 0 Å². The number of aryl methyl sites for hydroxylation is 1. The zero-order chi connectivity index (χ0) is 19.1. The lowest BCUT2D eigenvalue weighted by Crippen LogP contribution is -2.27. The third-order valence-electron chi connectivity index (χ3n) is 5.79. The molecule has 1 saturated carbocycles. The van der Waals surface area contributed by atoms with Crippen molar-refractivity contribution in [3.05, 3.63) is 46.7 Å². The number of hydrogen-bond donors (Lipinski definition) is 1. The SMILES string of the molecule is C/C=C(\N=CCCC)C(c1cccc(C)c1C)C1CCCC(C(=O)O)C1. The molecule has 0 radical (unpaired) electrons. The predicted molar refractivity (Wildman–Crippen MR) is 109 cm³/mol. The number of hydrogen-bond acceptors (Lipinski definition) is 2. The van der Waals surface area contributed by atoms with Crippen molar-refractivity contribution in [2.24, 2.45) is 16.8 Å². The number of rotatable bonds is 7. The largest absolute Gasteiger partial charge is 0.481 e. The first kappa shape index (κ1) is 20.4. The van der Waals surface area contributed by atoms with E-state index in [0.29, 0.717) is 5.92 Å². The molecule has 26 heavy (non-hydrogen) atoms. The molecule has 3 unspecified atom stereocenters. The Hall–Kier alpha value is -1.90. The summed E-state index contributed by atoms with van der Waals surface area (Å²) in [6.45, 7) is 8.53. The third kappa shape index (κ3) is 4.84. The molecular weight excluding hydrogens is 322 g/mol. The van der Waals surface area contributed by atoms with Crippen LogP contribution in [0.3, 0.4) is 0 Å². The van der Waals surface area contributed by atoms with E-state index in [4.69, 9.17) is 4.99 Å². The molecule has 0 bridgehead atoms. The van der Waals surface area contributed by atoms with Gasteiger partial charge in [-0.1, -0.05) is 44.0 Å².